The third kappa shape index (κ3) is 3.24. The normalized spacial score (nSPS) is 16.7. The summed E-state index contributed by atoms with van der Waals surface area (Å²) in [5, 5.41) is 0. The standard InChI is InChI=1S/C15H15BrO6/c1-15(2)21-13(17)10(14(18)22-15)6-8-5-9(16)7-11(19-3)12(8)20-4/h5-7H,1-4H3. The summed E-state index contributed by atoms with van der Waals surface area (Å²) in [6.45, 7) is 2.98. The summed E-state index contributed by atoms with van der Waals surface area (Å²) in [6.07, 6.45) is 1.35. The SMILES string of the molecule is COc1cc(Br)cc(C=C2C(=O)OC(C)(C)OC2=O)c1OC. The largest absolute Gasteiger partial charge is 0.493 e. The summed E-state index contributed by atoms with van der Waals surface area (Å²) in [4.78, 5) is 24.0. The molecule has 1 saturated heterocycles. The van der Waals surface area contributed by atoms with Gasteiger partial charge in [-0.2, -0.15) is 0 Å². The van der Waals surface area contributed by atoms with Gasteiger partial charge in [-0.3, -0.25) is 0 Å². The van der Waals surface area contributed by atoms with E-state index in [1.807, 2.05) is 0 Å². The summed E-state index contributed by atoms with van der Waals surface area (Å²) in [6, 6.07) is 3.40. The van der Waals surface area contributed by atoms with E-state index in [2.05, 4.69) is 15.9 Å². The lowest BCUT2D eigenvalue weighted by Crippen LogP contribution is -2.41. The van der Waals surface area contributed by atoms with Gasteiger partial charge in [-0.25, -0.2) is 9.59 Å². The molecule has 118 valence electrons. The van der Waals surface area contributed by atoms with E-state index in [1.54, 1.807) is 12.1 Å². The predicted molar refractivity (Wildman–Crippen MR) is 81.5 cm³/mol. The minimum Gasteiger partial charge on any atom is -0.493 e. The van der Waals surface area contributed by atoms with Gasteiger partial charge in [-0.1, -0.05) is 15.9 Å². The van der Waals surface area contributed by atoms with Crippen LogP contribution in [0.1, 0.15) is 19.4 Å². The number of rotatable bonds is 3. The quantitative estimate of drug-likeness (QED) is 0.462. The highest BCUT2D eigenvalue weighted by atomic mass is 79.9. The molecule has 1 aromatic rings. The van der Waals surface area contributed by atoms with Gasteiger partial charge in [0, 0.05) is 23.9 Å². The summed E-state index contributed by atoms with van der Waals surface area (Å²) in [5.41, 5.74) is 0.273. The molecule has 0 aliphatic carbocycles. The van der Waals surface area contributed by atoms with E-state index in [1.165, 1.54) is 34.1 Å². The fourth-order valence-electron chi connectivity index (χ4n) is 2.00. The maximum atomic E-state index is 12.0. The van der Waals surface area contributed by atoms with E-state index in [4.69, 9.17) is 18.9 Å². The molecule has 1 aliphatic heterocycles. The van der Waals surface area contributed by atoms with E-state index in [-0.39, 0.29) is 5.57 Å². The van der Waals surface area contributed by atoms with Crippen LogP contribution in [0.3, 0.4) is 0 Å². The van der Waals surface area contributed by atoms with Gasteiger partial charge in [-0.15, -0.1) is 0 Å². The van der Waals surface area contributed by atoms with Crippen LogP contribution in [-0.4, -0.2) is 31.9 Å². The van der Waals surface area contributed by atoms with Gasteiger partial charge in [0.1, 0.15) is 5.57 Å². The maximum Gasteiger partial charge on any atom is 0.348 e. The minimum absolute atomic E-state index is 0.210. The number of esters is 2. The fraction of sp³-hybridized carbons (Fsp3) is 0.333. The van der Waals surface area contributed by atoms with Gasteiger partial charge in [0.15, 0.2) is 11.5 Å². The molecular formula is C15H15BrO6. The Morgan fingerprint density at radius 3 is 2.18 bits per heavy atom. The highest BCUT2D eigenvalue weighted by molar-refractivity contribution is 9.10. The first-order valence-electron chi connectivity index (χ1n) is 6.37. The first-order valence-corrected chi connectivity index (χ1v) is 7.16. The van der Waals surface area contributed by atoms with Crippen molar-refractivity contribution in [3.05, 3.63) is 27.7 Å². The summed E-state index contributed by atoms with van der Waals surface area (Å²) in [5.74, 6) is -1.92. The molecule has 1 heterocycles. The lowest BCUT2D eigenvalue weighted by Gasteiger charge is -2.29. The van der Waals surface area contributed by atoms with Gasteiger partial charge in [0.2, 0.25) is 0 Å². The zero-order valence-electron chi connectivity index (χ0n) is 12.6. The van der Waals surface area contributed by atoms with Gasteiger partial charge in [-0.05, 0) is 18.2 Å². The zero-order valence-corrected chi connectivity index (χ0v) is 14.1. The van der Waals surface area contributed by atoms with E-state index in [9.17, 15) is 9.59 Å². The molecule has 22 heavy (non-hydrogen) atoms. The van der Waals surface area contributed by atoms with E-state index in [0.717, 1.165) is 0 Å². The molecule has 0 spiro atoms. The molecule has 0 aromatic heterocycles. The van der Waals surface area contributed by atoms with Crippen LogP contribution < -0.4 is 9.47 Å². The number of hydrogen-bond donors (Lipinski definition) is 0. The first-order chi connectivity index (χ1) is 10.3. The number of methoxy groups -OCH3 is 2. The number of cyclic esters (lactones) is 2. The van der Waals surface area contributed by atoms with Crippen molar-refractivity contribution in [2.75, 3.05) is 14.2 Å². The summed E-state index contributed by atoms with van der Waals surface area (Å²) >= 11 is 3.33. The summed E-state index contributed by atoms with van der Waals surface area (Å²) < 4.78 is 21.3. The van der Waals surface area contributed by atoms with Crippen LogP contribution in [0.5, 0.6) is 11.5 Å². The highest BCUT2D eigenvalue weighted by Gasteiger charge is 2.39. The smallest absolute Gasteiger partial charge is 0.348 e. The lowest BCUT2D eigenvalue weighted by molar-refractivity contribution is -0.222. The average Bonchev–Trinajstić information content (AvgIpc) is 2.41. The topological polar surface area (TPSA) is 71.1 Å². The first kappa shape index (κ1) is 16.4. The Balaban J connectivity index is 2.51. The second kappa shape index (κ2) is 6.00. The highest BCUT2D eigenvalue weighted by Crippen LogP contribution is 2.36. The monoisotopic (exact) mass is 370 g/mol. The minimum atomic E-state index is -1.27. The second-order valence-electron chi connectivity index (χ2n) is 4.97. The van der Waals surface area contributed by atoms with Crippen LogP contribution in [0.25, 0.3) is 6.08 Å². The predicted octanol–water partition coefficient (Wildman–Crippen LogP) is 2.69. The van der Waals surface area contributed by atoms with Crippen LogP contribution in [-0.2, 0) is 19.1 Å². The molecule has 0 unspecified atom stereocenters. The Morgan fingerprint density at radius 2 is 1.68 bits per heavy atom. The van der Waals surface area contributed by atoms with Crippen molar-refractivity contribution in [1.82, 2.24) is 0 Å². The number of carbonyl (C=O) groups is 2. The maximum absolute atomic E-state index is 12.0. The number of hydrogen-bond acceptors (Lipinski definition) is 6. The second-order valence-corrected chi connectivity index (χ2v) is 5.88. The Bertz CT molecular complexity index is 640. The third-order valence-electron chi connectivity index (χ3n) is 2.89. The van der Waals surface area contributed by atoms with Gasteiger partial charge >= 0.3 is 11.9 Å². The molecule has 0 bridgehead atoms. The van der Waals surface area contributed by atoms with Gasteiger partial charge in [0.05, 0.1) is 14.2 Å². The average molecular weight is 371 g/mol. The molecule has 0 atom stereocenters. The van der Waals surface area contributed by atoms with Gasteiger partial charge < -0.3 is 18.9 Å². The number of ether oxygens (including phenoxy) is 4. The van der Waals surface area contributed by atoms with Crippen LogP contribution in [0.2, 0.25) is 0 Å². The molecule has 1 aromatic carbocycles. The fourth-order valence-corrected chi connectivity index (χ4v) is 2.45. The molecule has 0 radical (unpaired) electrons. The third-order valence-corrected chi connectivity index (χ3v) is 3.35. The number of halogens is 1. The van der Waals surface area contributed by atoms with Crippen LogP contribution in [0.4, 0.5) is 0 Å². The molecule has 0 saturated carbocycles. The molecule has 0 amide bonds. The zero-order chi connectivity index (χ0) is 16.5. The Labute approximate surface area is 136 Å². The van der Waals surface area contributed by atoms with Gasteiger partial charge in [0.25, 0.3) is 5.79 Å². The van der Waals surface area contributed by atoms with E-state index in [0.29, 0.717) is 21.5 Å². The number of benzene rings is 1. The Hall–Kier alpha value is -2.02. The van der Waals surface area contributed by atoms with Crippen molar-refractivity contribution in [1.29, 1.82) is 0 Å². The van der Waals surface area contributed by atoms with Crippen LogP contribution in [0.15, 0.2) is 22.2 Å². The Morgan fingerprint density at radius 1 is 1.09 bits per heavy atom. The molecule has 6 nitrogen and oxygen atoms in total. The van der Waals surface area contributed by atoms with Crippen molar-refractivity contribution in [2.45, 2.75) is 19.6 Å². The molecule has 1 fully saturated rings. The molecule has 0 N–H and O–H groups in total. The summed E-state index contributed by atoms with van der Waals surface area (Å²) in [7, 11) is 2.96. The van der Waals surface area contributed by atoms with E-state index >= 15 is 0 Å². The van der Waals surface area contributed by atoms with Crippen LogP contribution >= 0.6 is 15.9 Å². The lowest BCUT2D eigenvalue weighted by atomic mass is 10.1. The molecular weight excluding hydrogens is 356 g/mol. The number of carbonyl (C=O) groups excluding carboxylic acids is 2. The van der Waals surface area contributed by atoms with Crippen molar-refractivity contribution in [3.63, 3.8) is 0 Å². The molecule has 2 rings (SSSR count). The van der Waals surface area contributed by atoms with Crippen LogP contribution in [0, 0.1) is 0 Å². The van der Waals surface area contributed by atoms with Crippen molar-refractivity contribution in [2.24, 2.45) is 0 Å². The van der Waals surface area contributed by atoms with Crippen molar-refractivity contribution in [3.8, 4) is 11.5 Å². The molecule has 7 heteroatoms. The van der Waals surface area contributed by atoms with Crippen molar-refractivity contribution < 1.29 is 28.5 Å². The van der Waals surface area contributed by atoms with Crippen molar-refractivity contribution >= 4 is 33.9 Å². The molecule has 1 aliphatic rings. The van der Waals surface area contributed by atoms with E-state index < -0.39 is 17.7 Å². The Kier molecular flexibility index (Phi) is 4.46.